The molecule has 0 fully saturated rings. The Kier molecular flexibility index (Phi) is 3.37. The summed E-state index contributed by atoms with van der Waals surface area (Å²) in [5.41, 5.74) is 2.39. The van der Waals surface area contributed by atoms with E-state index in [1.54, 1.807) is 24.3 Å². The van der Waals surface area contributed by atoms with Crippen LogP contribution in [0.3, 0.4) is 0 Å². The third kappa shape index (κ3) is 2.22. The number of hydrogen-bond donors (Lipinski definition) is 0. The minimum Gasteiger partial charge on any atom is -0.298 e. The molecule has 1 aliphatic carbocycles. The molecule has 0 radical (unpaired) electrons. The Morgan fingerprint density at radius 1 is 1.33 bits per heavy atom. The van der Waals surface area contributed by atoms with Crippen molar-refractivity contribution in [3.05, 3.63) is 63.2 Å². The van der Waals surface area contributed by atoms with Crippen LogP contribution in [0.4, 0.5) is 5.69 Å². The standard InChI is InChI=1S/C14H13NO3/c1-10-6-7-11(9-16)13(8-10)12-4-2-3-5-14(12)15(17)18/h2-7,9,13H,8H2,1H3/t13-/m0/s1. The molecule has 0 N–H and O–H groups in total. The molecule has 0 saturated carbocycles. The molecule has 0 aliphatic heterocycles. The topological polar surface area (TPSA) is 60.2 Å². The summed E-state index contributed by atoms with van der Waals surface area (Å²) in [5.74, 6) is -0.214. The van der Waals surface area contributed by atoms with Crippen LogP contribution in [0.25, 0.3) is 0 Å². The van der Waals surface area contributed by atoms with Gasteiger partial charge in [-0.05, 0) is 18.9 Å². The quantitative estimate of drug-likeness (QED) is 0.465. The highest BCUT2D eigenvalue weighted by Crippen LogP contribution is 2.37. The predicted molar refractivity (Wildman–Crippen MR) is 68.4 cm³/mol. The van der Waals surface area contributed by atoms with Crippen LogP contribution < -0.4 is 0 Å². The first-order valence-electron chi connectivity index (χ1n) is 5.69. The Morgan fingerprint density at radius 3 is 2.72 bits per heavy atom. The number of aldehydes is 1. The second-order valence-electron chi connectivity index (χ2n) is 4.37. The molecule has 0 saturated heterocycles. The van der Waals surface area contributed by atoms with E-state index in [-0.39, 0.29) is 11.6 Å². The molecule has 18 heavy (non-hydrogen) atoms. The lowest BCUT2D eigenvalue weighted by molar-refractivity contribution is -0.385. The number of carbonyl (C=O) groups excluding carboxylic acids is 1. The largest absolute Gasteiger partial charge is 0.298 e. The van der Waals surface area contributed by atoms with Crippen LogP contribution in [-0.4, -0.2) is 11.2 Å². The van der Waals surface area contributed by atoms with E-state index in [0.717, 1.165) is 11.9 Å². The van der Waals surface area contributed by atoms with Gasteiger partial charge in [-0.1, -0.05) is 35.9 Å². The highest BCUT2D eigenvalue weighted by molar-refractivity contribution is 5.78. The minimum absolute atomic E-state index is 0.0740. The summed E-state index contributed by atoms with van der Waals surface area (Å²) in [6.45, 7) is 1.96. The van der Waals surface area contributed by atoms with Gasteiger partial charge in [-0.3, -0.25) is 14.9 Å². The molecule has 0 amide bonds. The van der Waals surface area contributed by atoms with Crippen molar-refractivity contribution in [1.82, 2.24) is 0 Å². The Hall–Kier alpha value is -2.23. The first kappa shape index (κ1) is 12.2. The summed E-state index contributed by atoms with van der Waals surface area (Å²) < 4.78 is 0. The summed E-state index contributed by atoms with van der Waals surface area (Å²) in [5, 5.41) is 11.0. The Balaban J connectivity index is 2.49. The maximum Gasteiger partial charge on any atom is 0.273 e. The highest BCUT2D eigenvalue weighted by Gasteiger charge is 2.26. The van der Waals surface area contributed by atoms with Crippen molar-refractivity contribution in [2.45, 2.75) is 19.3 Å². The van der Waals surface area contributed by atoms with Crippen LogP contribution in [0, 0.1) is 10.1 Å². The van der Waals surface area contributed by atoms with E-state index >= 15 is 0 Å². The van der Waals surface area contributed by atoms with Gasteiger partial charge in [0.25, 0.3) is 5.69 Å². The summed E-state index contributed by atoms with van der Waals surface area (Å²) in [6.07, 6.45) is 5.06. The molecular weight excluding hydrogens is 230 g/mol. The Morgan fingerprint density at radius 2 is 2.06 bits per heavy atom. The number of carbonyl (C=O) groups is 1. The van der Waals surface area contributed by atoms with Crippen LogP contribution in [0.5, 0.6) is 0 Å². The van der Waals surface area contributed by atoms with E-state index < -0.39 is 4.92 Å². The fraction of sp³-hybridized carbons (Fsp3) is 0.214. The molecule has 4 nitrogen and oxygen atoms in total. The molecule has 1 aromatic rings. The third-order valence-corrected chi connectivity index (χ3v) is 3.13. The van der Waals surface area contributed by atoms with Crippen LogP contribution in [0.2, 0.25) is 0 Å². The second-order valence-corrected chi connectivity index (χ2v) is 4.37. The smallest absolute Gasteiger partial charge is 0.273 e. The van der Waals surface area contributed by atoms with Crippen LogP contribution in [0.1, 0.15) is 24.8 Å². The van der Waals surface area contributed by atoms with Crippen molar-refractivity contribution in [2.24, 2.45) is 0 Å². The van der Waals surface area contributed by atoms with Crippen molar-refractivity contribution in [3.8, 4) is 0 Å². The fourth-order valence-corrected chi connectivity index (χ4v) is 2.22. The van der Waals surface area contributed by atoms with Crippen molar-refractivity contribution in [2.75, 3.05) is 0 Å². The van der Waals surface area contributed by atoms with E-state index in [1.165, 1.54) is 6.07 Å². The first-order chi connectivity index (χ1) is 8.63. The van der Waals surface area contributed by atoms with E-state index in [2.05, 4.69) is 0 Å². The monoisotopic (exact) mass is 243 g/mol. The molecule has 0 bridgehead atoms. The number of rotatable bonds is 3. The number of para-hydroxylation sites is 1. The molecule has 0 spiro atoms. The molecule has 1 aromatic carbocycles. The average Bonchev–Trinajstić information content (AvgIpc) is 2.38. The zero-order chi connectivity index (χ0) is 13.1. The van der Waals surface area contributed by atoms with Gasteiger partial charge >= 0.3 is 0 Å². The lowest BCUT2D eigenvalue weighted by atomic mass is 9.82. The van der Waals surface area contributed by atoms with Crippen molar-refractivity contribution >= 4 is 12.0 Å². The molecule has 4 heteroatoms. The van der Waals surface area contributed by atoms with Crippen LogP contribution in [-0.2, 0) is 4.79 Å². The maximum absolute atomic E-state index is 11.1. The summed E-state index contributed by atoms with van der Waals surface area (Å²) >= 11 is 0. The molecule has 2 rings (SSSR count). The summed E-state index contributed by atoms with van der Waals surface area (Å²) in [7, 11) is 0. The van der Waals surface area contributed by atoms with Gasteiger partial charge in [-0.15, -0.1) is 0 Å². The molecule has 92 valence electrons. The van der Waals surface area contributed by atoms with Gasteiger partial charge < -0.3 is 0 Å². The number of nitro benzene ring substituents is 1. The van der Waals surface area contributed by atoms with Gasteiger partial charge in [-0.2, -0.15) is 0 Å². The van der Waals surface area contributed by atoms with Crippen molar-refractivity contribution in [1.29, 1.82) is 0 Å². The lowest BCUT2D eigenvalue weighted by Crippen LogP contribution is -2.10. The van der Waals surface area contributed by atoms with E-state index in [4.69, 9.17) is 0 Å². The average molecular weight is 243 g/mol. The van der Waals surface area contributed by atoms with Gasteiger partial charge in [0.1, 0.15) is 6.29 Å². The van der Waals surface area contributed by atoms with Gasteiger partial charge in [0.2, 0.25) is 0 Å². The van der Waals surface area contributed by atoms with Crippen molar-refractivity contribution < 1.29 is 9.72 Å². The third-order valence-electron chi connectivity index (χ3n) is 3.13. The van der Waals surface area contributed by atoms with Crippen molar-refractivity contribution in [3.63, 3.8) is 0 Å². The minimum atomic E-state index is -0.397. The number of benzene rings is 1. The lowest BCUT2D eigenvalue weighted by Gasteiger charge is -2.20. The van der Waals surface area contributed by atoms with Gasteiger partial charge in [-0.25, -0.2) is 0 Å². The molecule has 0 aromatic heterocycles. The molecular formula is C14H13NO3. The van der Waals surface area contributed by atoms with E-state index in [1.807, 2.05) is 13.0 Å². The SMILES string of the molecule is CC1=CC=C(C=O)[C@@H](c2ccccc2[N+](=O)[O-])C1. The number of hydrogen-bond acceptors (Lipinski definition) is 3. The van der Waals surface area contributed by atoms with E-state index in [0.29, 0.717) is 17.6 Å². The summed E-state index contributed by atoms with van der Waals surface area (Å²) in [6, 6.07) is 6.60. The van der Waals surface area contributed by atoms with Gasteiger partial charge in [0.15, 0.2) is 0 Å². The Labute approximate surface area is 105 Å². The molecule has 0 unspecified atom stereocenters. The summed E-state index contributed by atoms with van der Waals surface area (Å²) in [4.78, 5) is 21.7. The number of nitro groups is 1. The number of nitrogens with zero attached hydrogens (tertiary/aromatic N) is 1. The molecule has 1 atom stereocenters. The first-order valence-corrected chi connectivity index (χ1v) is 5.69. The molecule has 0 heterocycles. The Bertz CT molecular complexity index is 558. The fourth-order valence-electron chi connectivity index (χ4n) is 2.22. The van der Waals surface area contributed by atoms with Gasteiger partial charge in [0, 0.05) is 17.5 Å². The number of allylic oxidation sites excluding steroid dienone is 4. The normalized spacial score (nSPS) is 18.8. The maximum atomic E-state index is 11.1. The zero-order valence-corrected chi connectivity index (χ0v) is 10.00. The van der Waals surface area contributed by atoms with Crippen LogP contribution >= 0.6 is 0 Å². The zero-order valence-electron chi connectivity index (χ0n) is 10.00. The molecule has 1 aliphatic rings. The van der Waals surface area contributed by atoms with Gasteiger partial charge in [0.05, 0.1) is 4.92 Å². The predicted octanol–water partition coefficient (Wildman–Crippen LogP) is 3.15. The second kappa shape index (κ2) is 4.96. The van der Waals surface area contributed by atoms with Crippen LogP contribution in [0.15, 0.2) is 47.6 Å². The van der Waals surface area contributed by atoms with E-state index in [9.17, 15) is 14.9 Å². The highest BCUT2D eigenvalue weighted by atomic mass is 16.6.